The van der Waals surface area contributed by atoms with Crippen LogP contribution in [0.5, 0.6) is 0 Å². The standard InChI is InChI=1S/C29H32F3N3O4S/c1-4-17-33-28(37)22(3)34(19-23-12-9-8-11-21(23)2)27(36)20-35(40(38,39)26-15-6-5-7-16-26)25-14-10-13-24(18-25)29(30,31)32/h5-16,18,22H,4,17,19-20H2,1-3H3,(H,33,37)/t22-/m1/s1. The Morgan fingerprint density at radius 3 is 2.23 bits per heavy atom. The van der Waals surface area contributed by atoms with Gasteiger partial charge in [-0.1, -0.05) is 55.5 Å². The maximum absolute atomic E-state index is 13.8. The van der Waals surface area contributed by atoms with E-state index in [1.54, 1.807) is 18.2 Å². The topological polar surface area (TPSA) is 86.8 Å². The van der Waals surface area contributed by atoms with E-state index in [0.29, 0.717) is 23.3 Å². The lowest BCUT2D eigenvalue weighted by Crippen LogP contribution is -2.51. The van der Waals surface area contributed by atoms with Crippen LogP contribution in [0.1, 0.15) is 37.0 Å². The fourth-order valence-electron chi connectivity index (χ4n) is 4.04. The van der Waals surface area contributed by atoms with Crippen LogP contribution < -0.4 is 9.62 Å². The molecule has 3 rings (SSSR count). The molecule has 7 nitrogen and oxygen atoms in total. The number of hydrogen-bond acceptors (Lipinski definition) is 4. The SMILES string of the molecule is CCCNC(=O)[C@@H](C)N(Cc1ccccc1C)C(=O)CN(c1cccc(C(F)(F)F)c1)S(=O)(=O)c1ccccc1. The second-order valence-electron chi connectivity index (χ2n) is 9.29. The second kappa shape index (κ2) is 13.0. The first-order chi connectivity index (χ1) is 18.9. The van der Waals surface area contributed by atoms with Gasteiger partial charge in [0.1, 0.15) is 12.6 Å². The van der Waals surface area contributed by atoms with Crippen LogP contribution in [0.4, 0.5) is 18.9 Å². The van der Waals surface area contributed by atoms with Gasteiger partial charge < -0.3 is 10.2 Å². The Morgan fingerprint density at radius 1 is 0.950 bits per heavy atom. The van der Waals surface area contributed by atoms with E-state index in [0.717, 1.165) is 23.3 Å². The molecule has 3 aromatic rings. The molecule has 1 atom stereocenters. The number of anilines is 1. The maximum Gasteiger partial charge on any atom is 0.416 e. The first-order valence-electron chi connectivity index (χ1n) is 12.7. The van der Waals surface area contributed by atoms with Crippen LogP contribution in [0, 0.1) is 6.92 Å². The molecular formula is C29H32F3N3O4S. The summed E-state index contributed by atoms with van der Waals surface area (Å²) in [5, 5.41) is 2.74. The highest BCUT2D eigenvalue weighted by molar-refractivity contribution is 7.92. The first-order valence-corrected chi connectivity index (χ1v) is 14.2. The maximum atomic E-state index is 13.8. The monoisotopic (exact) mass is 575 g/mol. The van der Waals surface area contributed by atoms with Crippen molar-refractivity contribution in [1.82, 2.24) is 10.2 Å². The molecule has 40 heavy (non-hydrogen) atoms. The molecule has 0 bridgehead atoms. The summed E-state index contributed by atoms with van der Waals surface area (Å²) in [4.78, 5) is 27.8. The van der Waals surface area contributed by atoms with Crippen LogP contribution in [0.15, 0.2) is 83.8 Å². The van der Waals surface area contributed by atoms with Crippen LogP contribution in [0.3, 0.4) is 0 Å². The zero-order chi connectivity index (χ0) is 29.5. The third-order valence-electron chi connectivity index (χ3n) is 6.39. The van der Waals surface area contributed by atoms with Gasteiger partial charge in [-0.3, -0.25) is 13.9 Å². The summed E-state index contributed by atoms with van der Waals surface area (Å²) in [5.74, 6) is -1.18. The third-order valence-corrected chi connectivity index (χ3v) is 8.18. The highest BCUT2D eigenvalue weighted by Gasteiger charge is 2.35. The third kappa shape index (κ3) is 7.41. The number of nitrogens with zero attached hydrogens (tertiary/aromatic N) is 2. The van der Waals surface area contributed by atoms with Crippen molar-refractivity contribution in [2.75, 3.05) is 17.4 Å². The number of halogens is 3. The molecule has 0 heterocycles. The predicted octanol–water partition coefficient (Wildman–Crippen LogP) is 5.15. The van der Waals surface area contributed by atoms with Crippen LogP contribution in [0.2, 0.25) is 0 Å². The van der Waals surface area contributed by atoms with Crippen molar-refractivity contribution in [3.05, 3.63) is 95.6 Å². The van der Waals surface area contributed by atoms with Gasteiger partial charge in [0.05, 0.1) is 16.1 Å². The van der Waals surface area contributed by atoms with E-state index in [1.807, 2.05) is 26.0 Å². The van der Waals surface area contributed by atoms with E-state index < -0.39 is 46.2 Å². The number of aryl methyl sites for hydroxylation is 1. The van der Waals surface area contributed by atoms with Crippen LogP contribution in [0.25, 0.3) is 0 Å². The molecule has 3 aromatic carbocycles. The molecule has 214 valence electrons. The van der Waals surface area contributed by atoms with Crippen LogP contribution in [-0.2, 0) is 32.3 Å². The first kappa shape index (κ1) is 30.7. The molecule has 0 saturated heterocycles. The number of hydrogen-bond donors (Lipinski definition) is 1. The van der Waals surface area contributed by atoms with Crippen molar-refractivity contribution in [2.45, 2.75) is 50.9 Å². The summed E-state index contributed by atoms with van der Waals surface area (Å²) in [6.45, 7) is 4.80. The minimum atomic E-state index is -4.73. The number of carbonyl (C=O) groups excluding carboxylic acids is 2. The van der Waals surface area contributed by atoms with E-state index >= 15 is 0 Å². The molecular weight excluding hydrogens is 543 g/mol. The normalized spacial score (nSPS) is 12.4. The molecule has 0 aliphatic rings. The summed E-state index contributed by atoms with van der Waals surface area (Å²) in [6, 6.07) is 17.2. The minimum absolute atomic E-state index is 0.00592. The highest BCUT2D eigenvalue weighted by atomic mass is 32.2. The van der Waals surface area contributed by atoms with Gasteiger partial charge in [-0.2, -0.15) is 13.2 Å². The summed E-state index contributed by atoms with van der Waals surface area (Å²) in [7, 11) is -4.47. The van der Waals surface area contributed by atoms with E-state index in [1.165, 1.54) is 42.2 Å². The second-order valence-corrected chi connectivity index (χ2v) is 11.2. The number of alkyl halides is 3. The lowest BCUT2D eigenvalue weighted by atomic mass is 10.1. The summed E-state index contributed by atoms with van der Waals surface area (Å²) < 4.78 is 68.7. The van der Waals surface area contributed by atoms with Crippen molar-refractivity contribution >= 4 is 27.5 Å². The van der Waals surface area contributed by atoms with Gasteiger partial charge >= 0.3 is 6.18 Å². The fourth-order valence-corrected chi connectivity index (χ4v) is 5.46. The number of carbonyl (C=O) groups is 2. The van der Waals surface area contributed by atoms with Gasteiger partial charge in [0.15, 0.2) is 0 Å². The number of nitrogens with one attached hydrogen (secondary N) is 1. The summed E-state index contributed by atoms with van der Waals surface area (Å²) in [5.41, 5.74) is 0.205. The average Bonchev–Trinajstić information content (AvgIpc) is 2.93. The summed E-state index contributed by atoms with van der Waals surface area (Å²) in [6.07, 6.45) is -4.06. The Bertz CT molecular complexity index is 1430. The number of rotatable bonds is 11. The van der Waals surface area contributed by atoms with Gasteiger partial charge in [0.25, 0.3) is 10.0 Å². The number of amides is 2. The smallest absolute Gasteiger partial charge is 0.354 e. The molecule has 2 amide bonds. The molecule has 0 aliphatic heterocycles. The van der Waals surface area contributed by atoms with Gasteiger partial charge in [-0.15, -0.1) is 0 Å². The van der Waals surface area contributed by atoms with Gasteiger partial charge in [-0.05, 0) is 61.7 Å². The molecule has 0 spiro atoms. The molecule has 0 aromatic heterocycles. The lowest BCUT2D eigenvalue weighted by molar-refractivity contribution is -0.139. The zero-order valence-electron chi connectivity index (χ0n) is 22.5. The highest BCUT2D eigenvalue weighted by Crippen LogP contribution is 2.33. The van der Waals surface area contributed by atoms with Gasteiger partial charge in [-0.25, -0.2) is 8.42 Å². The fraction of sp³-hybridized carbons (Fsp3) is 0.310. The average molecular weight is 576 g/mol. The van der Waals surface area contributed by atoms with Crippen LogP contribution >= 0.6 is 0 Å². The largest absolute Gasteiger partial charge is 0.416 e. The van der Waals surface area contributed by atoms with Crippen molar-refractivity contribution in [1.29, 1.82) is 0 Å². The number of sulfonamides is 1. The zero-order valence-corrected chi connectivity index (χ0v) is 23.3. The molecule has 0 fully saturated rings. The minimum Gasteiger partial charge on any atom is -0.354 e. The molecule has 0 saturated carbocycles. The molecule has 1 N–H and O–H groups in total. The van der Waals surface area contributed by atoms with Crippen molar-refractivity contribution in [3.8, 4) is 0 Å². The Kier molecular flexibility index (Phi) is 9.97. The molecule has 0 radical (unpaired) electrons. The molecule has 0 unspecified atom stereocenters. The van der Waals surface area contributed by atoms with Crippen LogP contribution in [-0.4, -0.2) is 44.3 Å². The Labute approximate surface area is 232 Å². The van der Waals surface area contributed by atoms with Gasteiger partial charge in [0.2, 0.25) is 11.8 Å². The van der Waals surface area contributed by atoms with Crippen molar-refractivity contribution < 1.29 is 31.2 Å². The van der Waals surface area contributed by atoms with E-state index in [-0.39, 0.29) is 17.1 Å². The quantitative estimate of drug-likeness (QED) is 0.343. The Balaban J connectivity index is 2.08. The lowest BCUT2D eigenvalue weighted by Gasteiger charge is -2.32. The Hall–Kier alpha value is -3.86. The summed E-state index contributed by atoms with van der Waals surface area (Å²) >= 11 is 0. The van der Waals surface area contributed by atoms with E-state index in [2.05, 4.69) is 5.32 Å². The van der Waals surface area contributed by atoms with Gasteiger partial charge in [0, 0.05) is 13.1 Å². The van der Waals surface area contributed by atoms with Crippen molar-refractivity contribution in [3.63, 3.8) is 0 Å². The van der Waals surface area contributed by atoms with E-state index in [4.69, 9.17) is 0 Å². The Morgan fingerprint density at radius 2 is 1.60 bits per heavy atom. The number of benzene rings is 3. The molecule has 11 heteroatoms. The predicted molar refractivity (Wildman–Crippen MR) is 147 cm³/mol. The molecule has 0 aliphatic carbocycles. The van der Waals surface area contributed by atoms with Crippen molar-refractivity contribution in [2.24, 2.45) is 0 Å². The van der Waals surface area contributed by atoms with E-state index in [9.17, 15) is 31.2 Å².